The fourth-order valence-corrected chi connectivity index (χ4v) is 1.98. The second kappa shape index (κ2) is 5.56. The van der Waals surface area contributed by atoms with Gasteiger partial charge in [-0.25, -0.2) is 4.79 Å². The Morgan fingerprint density at radius 3 is 2.84 bits per heavy atom. The minimum absolute atomic E-state index is 0.364. The Morgan fingerprint density at radius 2 is 2.16 bits per heavy atom. The van der Waals surface area contributed by atoms with Crippen LogP contribution in [-0.2, 0) is 4.79 Å². The zero-order valence-corrected chi connectivity index (χ0v) is 10.6. The summed E-state index contributed by atoms with van der Waals surface area (Å²) in [7, 11) is 0. The Labute approximate surface area is 110 Å². The number of carbonyl (C=O) groups excluding carboxylic acids is 1. The predicted octanol–water partition coefficient (Wildman–Crippen LogP) is 2.15. The fraction of sp³-hybridized carbons (Fsp3) is 0.286. The summed E-state index contributed by atoms with van der Waals surface area (Å²) in [5.74, 6) is -1.37. The smallest absolute Gasteiger partial charge is 0.326 e. The van der Waals surface area contributed by atoms with Gasteiger partial charge >= 0.3 is 5.97 Å². The number of H-pyrrole nitrogens is 1. The lowest BCUT2D eigenvalue weighted by atomic mass is 10.1. The van der Waals surface area contributed by atoms with Crippen molar-refractivity contribution in [1.29, 1.82) is 0 Å². The summed E-state index contributed by atoms with van der Waals surface area (Å²) in [6, 6.07) is 6.31. The van der Waals surface area contributed by atoms with Gasteiger partial charge in [0.15, 0.2) is 0 Å². The zero-order valence-electron chi connectivity index (χ0n) is 10.6. The molecule has 0 saturated carbocycles. The maximum absolute atomic E-state index is 12.0. The second-order valence-electron chi connectivity index (χ2n) is 4.43. The Balaban J connectivity index is 2.16. The number of aromatic nitrogens is 1. The van der Waals surface area contributed by atoms with Gasteiger partial charge in [0.25, 0.3) is 5.91 Å². The molecule has 1 aromatic carbocycles. The third-order valence-electron chi connectivity index (χ3n) is 3.00. The van der Waals surface area contributed by atoms with Crippen molar-refractivity contribution in [2.45, 2.75) is 25.8 Å². The molecule has 0 aliphatic rings. The number of hydrogen-bond donors (Lipinski definition) is 3. The summed E-state index contributed by atoms with van der Waals surface area (Å²) in [6.45, 7) is 1.88. The van der Waals surface area contributed by atoms with Gasteiger partial charge in [0.1, 0.15) is 6.04 Å². The van der Waals surface area contributed by atoms with Crippen molar-refractivity contribution in [3.8, 4) is 0 Å². The van der Waals surface area contributed by atoms with Crippen molar-refractivity contribution >= 4 is 22.8 Å². The number of benzene rings is 1. The van der Waals surface area contributed by atoms with E-state index in [-0.39, 0.29) is 5.91 Å². The van der Waals surface area contributed by atoms with E-state index in [9.17, 15) is 9.59 Å². The van der Waals surface area contributed by atoms with Gasteiger partial charge in [0, 0.05) is 17.3 Å². The summed E-state index contributed by atoms with van der Waals surface area (Å²) in [5, 5.41) is 12.6. The quantitative estimate of drug-likeness (QED) is 0.770. The molecule has 19 heavy (non-hydrogen) atoms. The second-order valence-corrected chi connectivity index (χ2v) is 4.43. The number of carboxylic acids is 1. The summed E-state index contributed by atoms with van der Waals surface area (Å²) in [4.78, 5) is 26.0. The molecule has 3 N–H and O–H groups in total. The molecule has 0 fully saturated rings. The number of nitrogens with one attached hydrogen (secondary N) is 2. The SMILES string of the molecule is CCC[C@@H](NC(=O)c1ccc2cc[nH]c2c1)C(=O)O. The van der Waals surface area contributed by atoms with Crippen LogP contribution < -0.4 is 5.32 Å². The van der Waals surface area contributed by atoms with Gasteiger partial charge in [0.2, 0.25) is 0 Å². The molecule has 0 radical (unpaired) electrons. The Morgan fingerprint density at radius 1 is 1.37 bits per heavy atom. The van der Waals surface area contributed by atoms with Gasteiger partial charge in [-0.05, 0) is 30.0 Å². The molecule has 5 nitrogen and oxygen atoms in total. The Bertz CT molecular complexity index is 604. The first-order valence-electron chi connectivity index (χ1n) is 6.22. The van der Waals surface area contributed by atoms with Crippen LogP contribution in [0.25, 0.3) is 10.9 Å². The van der Waals surface area contributed by atoms with Crippen LogP contribution in [0.2, 0.25) is 0 Å². The molecule has 1 heterocycles. The van der Waals surface area contributed by atoms with Crippen molar-refractivity contribution < 1.29 is 14.7 Å². The van der Waals surface area contributed by atoms with Crippen LogP contribution in [0.1, 0.15) is 30.1 Å². The van der Waals surface area contributed by atoms with Gasteiger partial charge in [-0.15, -0.1) is 0 Å². The van der Waals surface area contributed by atoms with Gasteiger partial charge < -0.3 is 15.4 Å². The monoisotopic (exact) mass is 260 g/mol. The first-order chi connectivity index (χ1) is 9.11. The maximum atomic E-state index is 12.0. The van der Waals surface area contributed by atoms with Crippen LogP contribution in [0.3, 0.4) is 0 Å². The first-order valence-corrected chi connectivity index (χ1v) is 6.22. The van der Waals surface area contributed by atoms with E-state index in [1.807, 2.05) is 19.1 Å². The predicted molar refractivity (Wildman–Crippen MR) is 72.1 cm³/mol. The Hall–Kier alpha value is -2.30. The molecule has 2 aromatic rings. The fourth-order valence-electron chi connectivity index (χ4n) is 1.98. The molecule has 0 saturated heterocycles. The highest BCUT2D eigenvalue weighted by Crippen LogP contribution is 2.14. The molecule has 2 rings (SSSR count). The van der Waals surface area contributed by atoms with Crippen molar-refractivity contribution in [3.63, 3.8) is 0 Å². The number of hydrogen-bond acceptors (Lipinski definition) is 2. The summed E-state index contributed by atoms with van der Waals surface area (Å²) in [6.07, 6.45) is 2.92. The van der Waals surface area contributed by atoms with E-state index in [2.05, 4.69) is 10.3 Å². The average Bonchev–Trinajstić information content (AvgIpc) is 2.85. The van der Waals surface area contributed by atoms with Gasteiger partial charge in [-0.2, -0.15) is 0 Å². The highest BCUT2D eigenvalue weighted by Gasteiger charge is 2.19. The third-order valence-corrected chi connectivity index (χ3v) is 3.00. The molecule has 1 atom stereocenters. The van der Waals surface area contributed by atoms with Crippen molar-refractivity contribution in [1.82, 2.24) is 10.3 Å². The van der Waals surface area contributed by atoms with E-state index in [4.69, 9.17) is 5.11 Å². The van der Waals surface area contributed by atoms with E-state index in [1.165, 1.54) is 0 Å². The summed E-state index contributed by atoms with van der Waals surface area (Å²) < 4.78 is 0. The minimum atomic E-state index is -1.00. The Kier molecular flexibility index (Phi) is 3.85. The summed E-state index contributed by atoms with van der Waals surface area (Å²) in [5.41, 5.74) is 1.31. The first kappa shape index (κ1) is 13.1. The van der Waals surface area contributed by atoms with E-state index in [0.29, 0.717) is 18.4 Å². The molecule has 100 valence electrons. The molecule has 1 aromatic heterocycles. The molecule has 5 heteroatoms. The lowest BCUT2D eigenvalue weighted by Crippen LogP contribution is -2.40. The van der Waals surface area contributed by atoms with Crippen molar-refractivity contribution in [2.75, 3.05) is 0 Å². The van der Waals surface area contributed by atoms with E-state index >= 15 is 0 Å². The maximum Gasteiger partial charge on any atom is 0.326 e. The van der Waals surface area contributed by atoms with E-state index in [1.54, 1.807) is 18.3 Å². The topological polar surface area (TPSA) is 82.2 Å². The number of rotatable bonds is 5. The van der Waals surface area contributed by atoms with Crippen LogP contribution >= 0.6 is 0 Å². The van der Waals surface area contributed by atoms with Crippen molar-refractivity contribution in [2.24, 2.45) is 0 Å². The van der Waals surface area contributed by atoms with Gasteiger partial charge in [0.05, 0.1) is 0 Å². The van der Waals surface area contributed by atoms with Crippen LogP contribution in [0.5, 0.6) is 0 Å². The van der Waals surface area contributed by atoms with E-state index < -0.39 is 12.0 Å². The highest BCUT2D eigenvalue weighted by atomic mass is 16.4. The minimum Gasteiger partial charge on any atom is -0.480 e. The normalized spacial score (nSPS) is 12.3. The van der Waals surface area contributed by atoms with E-state index in [0.717, 1.165) is 10.9 Å². The number of aliphatic carboxylic acids is 1. The van der Waals surface area contributed by atoms with Gasteiger partial charge in [-0.3, -0.25) is 4.79 Å². The van der Waals surface area contributed by atoms with Crippen LogP contribution in [0.15, 0.2) is 30.5 Å². The molecule has 1 amide bonds. The zero-order chi connectivity index (χ0) is 13.8. The molecule has 0 aliphatic carbocycles. The largest absolute Gasteiger partial charge is 0.480 e. The molecular formula is C14H16N2O3. The number of fused-ring (bicyclic) bond motifs is 1. The van der Waals surface area contributed by atoms with Crippen LogP contribution in [0.4, 0.5) is 0 Å². The summed E-state index contributed by atoms with van der Waals surface area (Å²) >= 11 is 0. The molecule has 0 bridgehead atoms. The standard InChI is InChI=1S/C14H16N2O3/c1-2-3-11(14(18)19)16-13(17)10-5-4-9-6-7-15-12(9)8-10/h4-8,11,15H,2-3H2,1H3,(H,16,17)(H,18,19)/t11-/m1/s1. The highest BCUT2D eigenvalue weighted by molar-refractivity contribution is 5.99. The van der Waals surface area contributed by atoms with Crippen molar-refractivity contribution in [3.05, 3.63) is 36.0 Å². The lowest BCUT2D eigenvalue weighted by Gasteiger charge is -2.13. The number of amides is 1. The lowest BCUT2D eigenvalue weighted by molar-refractivity contribution is -0.139. The van der Waals surface area contributed by atoms with Crippen LogP contribution in [-0.4, -0.2) is 28.0 Å². The molecule has 0 unspecified atom stereocenters. The molecule has 0 aliphatic heterocycles. The van der Waals surface area contributed by atoms with Crippen LogP contribution in [0, 0.1) is 0 Å². The number of carbonyl (C=O) groups is 2. The number of aromatic amines is 1. The molecular weight excluding hydrogens is 244 g/mol. The number of carboxylic acid groups (broad SMARTS) is 1. The average molecular weight is 260 g/mol. The van der Waals surface area contributed by atoms with Gasteiger partial charge in [-0.1, -0.05) is 19.4 Å². The molecule has 0 spiro atoms. The third kappa shape index (κ3) is 2.93.